The predicted octanol–water partition coefficient (Wildman–Crippen LogP) is 3.89. The standard InChI is InChI=1S/C15H21N/c1-13-10-8-6-4-5-7-9-11-14(2)16-15(3)12-13/h5,7-12,14,16H,3-4,6H2,1-2H3/b7-5-,10-8-,11-9-,13-12-. The zero-order valence-corrected chi connectivity index (χ0v) is 10.2. The highest BCUT2D eigenvalue weighted by atomic mass is 14.9. The molecule has 1 heteroatoms. The van der Waals surface area contributed by atoms with Gasteiger partial charge in [-0.1, -0.05) is 43.0 Å². The van der Waals surface area contributed by atoms with Crippen molar-refractivity contribution in [3.05, 3.63) is 60.4 Å². The maximum Gasteiger partial charge on any atom is 0.0418 e. The van der Waals surface area contributed by atoms with Crippen LogP contribution in [0.15, 0.2) is 60.4 Å². The van der Waals surface area contributed by atoms with Crippen LogP contribution in [0, 0.1) is 0 Å². The molecule has 0 saturated carbocycles. The van der Waals surface area contributed by atoms with E-state index in [-0.39, 0.29) is 0 Å². The molecule has 0 aromatic rings. The number of allylic oxidation sites excluding steroid dienone is 7. The van der Waals surface area contributed by atoms with Crippen molar-refractivity contribution in [2.75, 3.05) is 0 Å². The molecule has 0 amide bonds. The van der Waals surface area contributed by atoms with Crippen LogP contribution in [-0.4, -0.2) is 6.04 Å². The summed E-state index contributed by atoms with van der Waals surface area (Å²) in [5, 5.41) is 3.32. The quantitative estimate of drug-likeness (QED) is 0.646. The van der Waals surface area contributed by atoms with Crippen LogP contribution in [0.2, 0.25) is 0 Å². The maximum atomic E-state index is 3.99. The lowest BCUT2D eigenvalue weighted by atomic mass is 10.2. The molecule has 1 unspecified atom stereocenters. The molecule has 1 heterocycles. The summed E-state index contributed by atoms with van der Waals surface area (Å²) in [6, 6.07) is 0.311. The average Bonchev–Trinajstić information content (AvgIpc) is 2.21. The molecule has 1 aliphatic rings. The Morgan fingerprint density at radius 3 is 2.81 bits per heavy atom. The fourth-order valence-corrected chi connectivity index (χ4v) is 1.57. The van der Waals surface area contributed by atoms with Crippen molar-refractivity contribution in [3.63, 3.8) is 0 Å². The second kappa shape index (κ2) is 6.89. The lowest BCUT2D eigenvalue weighted by Crippen LogP contribution is -2.21. The monoisotopic (exact) mass is 215 g/mol. The molecule has 1 aliphatic heterocycles. The predicted molar refractivity (Wildman–Crippen MR) is 72.1 cm³/mol. The fraction of sp³-hybridized carbons (Fsp3) is 0.333. The van der Waals surface area contributed by atoms with Gasteiger partial charge in [-0.3, -0.25) is 0 Å². The molecule has 1 nitrogen and oxygen atoms in total. The van der Waals surface area contributed by atoms with Gasteiger partial charge in [-0.25, -0.2) is 0 Å². The molecule has 0 saturated heterocycles. The lowest BCUT2D eigenvalue weighted by Gasteiger charge is -2.11. The Labute approximate surface area is 98.9 Å². The van der Waals surface area contributed by atoms with Crippen LogP contribution < -0.4 is 5.32 Å². The Hall–Kier alpha value is -1.50. The lowest BCUT2D eigenvalue weighted by molar-refractivity contribution is 0.745. The minimum Gasteiger partial charge on any atom is -0.380 e. The number of rotatable bonds is 0. The molecular formula is C15H21N. The summed E-state index contributed by atoms with van der Waals surface area (Å²) in [5.41, 5.74) is 2.19. The molecule has 1 N–H and O–H groups in total. The van der Waals surface area contributed by atoms with Crippen LogP contribution in [0.5, 0.6) is 0 Å². The van der Waals surface area contributed by atoms with Gasteiger partial charge in [0.05, 0.1) is 0 Å². The van der Waals surface area contributed by atoms with Gasteiger partial charge < -0.3 is 5.32 Å². The van der Waals surface area contributed by atoms with E-state index in [1.54, 1.807) is 0 Å². The third-order valence-corrected chi connectivity index (χ3v) is 2.34. The van der Waals surface area contributed by atoms with E-state index in [0.29, 0.717) is 6.04 Å². The summed E-state index contributed by atoms with van der Waals surface area (Å²) in [7, 11) is 0. The second-order valence-electron chi connectivity index (χ2n) is 4.14. The van der Waals surface area contributed by atoms with Gasteiger partial charge in [-0.15, -0.1) is 0 Å². The molecule has 1 rings (SSSR count). The molecule has 16 heavy (non-hydrogen) atoms. The smallest absolute Gasteiger partial charge is 0.0418 e. The van der Waals surface area contributed by atoms with Gasteiger partial charge >= 0.3 is 0 Å². The van der Waals surface area contributed by atoms with E-state index in [2.05, 4.69) is 68.3 Å². The minimum absolute atomic E-state index is 0.311. The summed E-state index contributed by atoms with van der Waals surface area (Å²) in [6.07, 6.45) is 17.1. The molecule has 0 radical (unpaired) electrons. The summed E-state index contributed by atoms with van der Waals surface area (Å²) in [4.78, 5) is 0. The van der Waals surface area contributed by atoms with Crippen LogP contribution in [-0.2, 0) is 0 Å². The summed E-state index contributed by atoms with van der Waals surface area (Å²) in [6.45, 7) is 8.21. The minimum atomic E-state index is 0.311. The molecular weight excluding hydrogens is 194 g/mol. The number of nitrogens with one attached hydrogen (secondary N) is 1. The van der Waals surface area contributed by atoms with Crippen LogP contribution in [0.1, 0.15) is 26.7 Å². The van der Waals surface area contributed by atoms with Gasteiger partial charge in [-0.2, -0.15) is 0 Å². The van der Waals surface area contributed by atoms with Crippen LogP contribution in [0.4, 0.5) is 0 Å². The van der Waals surface area contributed by atoms with Crippen molar-refractivity contribution in [2.24, 2.45) is 0 Å². The van der Waals surface area contributed by atoms with E-state index in [1.807, 2.05) is 0 Å². The Balaban J connectivity index is 2.75. The first-order valence-corrected chi connectivity index (χ1v) is 5.82. The Morgan fingerprint density at radius 1 is 1.25 bits per heavy atom. The molecule has 1 atom stereocenters. The highest BCUT2D eigenvalue weighted by Crippen LogP contribution is 2.04. The Bertz CT molecular complexity index is 342. The van der Waals surface area contributed by atoms with E-state index in [1.165, 1.54) is 5.57 Å². The van der Waals surface area contributed by atoms with E-state index >= 15 is 0 Å². The zero-order chi connectivity index (χ0) is 11.8. The zero-order valence-electron chi connectivity index (χ0n) is 10.2. The molecule has 0 fully saturated rings. The average molecular weight is 215 g/mol. The molecule has 86 valence electrons. The van der Waals surface area contributed by atoms with Gasteiger partial charge in [0.15, 0.2) is 0 Å². The van der Waals surface area contributed by atoms with Crippen molar-refractivity contribution >= 4 is 0 Å². The number of hydrogen-bond acceptors (Lipinski definition) is 1. The van der Waals surface area contributed by atoms with Gasteiger partial charge in [0.25, 0.3) is 0 Å². The highest BCUT2D eigenvalue weighted by Gasteiger charge is 1.95. The molecule has 0 spiro atoms. The second-order valence-corrected chi connectivity index (χ2v) is 4.14. The van der Waals surface area contributed by atoms with Crippen molar-refractivity contribution in [2.45, 2.75) is 32.7 Å². The van der Waals surface area contributed by atoms with Gasteiger partial charge in [-0.05, 0) is 38.3 Å². The van der Waals surface area contributed by atoms with Crippen molar-refractivity contribution in [1.82, 2.24) is 5.32 Å². The SMILES string of the molecule is C=C1/C=C(C)\C=C/CC/C=C\C=C/C(C)N1. The first-order valence-electron chi connectivity index (χ1n) is 5.82. The first kappa shape index (κ1) is 12.6. The first-order chi connectivity index (χ1) is 7.68. The third-order valence-electron chi connectivity index (χ3n) is 2.34. The summed E-state index contributed by atoms with van der Waals surface area (Å²) >= 11 is 0. The van der Waals surface area contributed by atoms with E-state index in [4.69, 9.17) is 0 Å². The van der Waals surface area contributed by atoms with Crippen LogP contribution >= 0.6 is 0 Å². The Morgan fingerprint density at radius 2 is 2.00 bits per heavy atom. The van der Waals surface area contributed by atoms with E-state index < -0.39 is 0 Å². The van der Waals surface area contributed by atoms with Gasteiger partial charge in [0.1, 0.15) is 0 Å². The molecule has 0 aromatic heterocycles. The van der Waals surface area contributed by atoms with Crippen LogP contribution in [0.3, 0.4) is 0 Å². The van der Waals surface area contributed by atoms with E-state index in [0.717, 1.165) is 18.5 Å². The molecule has 0 aromatic carbocycles. The largest absolute Gasteiger partial charge is 0.380 e. The fourth-order valence-electron chi connectivity index (χ4n) is 1.57. The third kappa shape index (κ3) is 5.40. The Kier molecular flexibility index (Phi) is 5.41. The summed E-state index contributed by atoms with van der Waals surface area (Å²) in [5.74, 6) is 0. The van der Waals surface area contributed by atoms with Gasteiger partial charge in [0, 0.05) is 11.7 Å². The summed E-state index contributed by atoms with van der Waals surface area (Å²) < 4.78 is 0. The van der Waals surface area contributed by atoms with Crippen molar-refractivity contribution in [1.29, 1.82) is 0 Å². The van der Waals surface area contributed by atoms with Crippen LogP contribution in [0.25, 0.3) is 0 Å². The van der Waals surface area contributed by atoms with E-state index in [9.17, 15) is 0 Å². The number of hydrogen-bond donors (Lipinski definition) is 1. The molecule has 0 bridgehead atoms. The van der Waals surface area contributed by atoms with Crippen molar-refractivity contribution < 1.29 is 0 Å². The normalized spacial score (nSPS) is 32.0. The van der Waals surface area contributed by atoms with Gasteiger partial charge in [0.2, 0.25) is 0 Å². The highest BCUT2D eigenvalue weighted by molar-refractivity contribution is 5.27. The molecule has 0 aliphatic carbocycles. The topological polar surface area (TPSA) is 12.0 Å². The maximum absolute atomic E-state index is 3.99. The van der Waals surface area contributed by atoms with Crippen molar-refractivity contribution in [3.8, 4) is 0 Å².